The Morgan fingerprint density at radius 2 is 1.79 bits per heavy atom. The zero-order valence-electron chi connectivity index (χ0n) is 19.6. The standard InChI is InChI=1S/C27H34FN3O2/c1-19(2)15-25(31-18-22-5-3-4-6-24(22)27(31)33)26(32)29-16-20-11-13-30(14-12-20)17-21-7-9-23(28)10-8-21/h3-10,19-20,25H,11-18H2,1-2H3,(H,29,32)/t25-/m1/s1. The van der Waals surface area contributed by atoms with Gasteiger partial charge in [0.05, 0.1) is 0 Å². The third-order valence-electron chi connectivity index (χ3n) is 6.81. The number of piperidine rings is 1. The van der Waals surface area contributed by atoms with Crippen molar-refractivity contribution in [3.63, 3.8) is 0 Å². The molecule has 4 rings (SSSR count). The van der Waals surface area contributed by atoms with E-state index in [9.17, 15) is 14.0 Å². The summed E-state index contributed by atoms with van der Waals surface area (Å²) in [5.74, 6) is 0.458. The molecule has 0 bridgehead atoms. The number of hydrogen-bond acceptors (Lipinski definition) is 3. The number of nitrogens with one attached hydrogen (secondary N) is 1. The van der Waals surface area contributed by atoms with Crippen molar-refractivity contribution in [2.75, 3.05) is 19.6 Å². The Balaban J connectivity index is 1.28. The van der Waals surface area contributed by atoms with Gasteiger partial charge in [0.15, 0.2) is 0 Å². The van der Waals surface area contributed by atoms with Crippen molar-refractivity contribution < 1.29 is 14.0 Å². The van der Waals surface area contributed by atoms with E-state index in [0.717, 1.165) is 43.6 Å². The smallest absolute Gasteiger partial charge is 0.255 e. The molecule has 0 aromatic heterocycles. The van der Waals surface area contributed by atoms with Crippen LogP contribution in [0.3, 0.4) is 0 Å². The van der Waals surface area contributed by atoms with E-state index < -0.39 is 6.04 Å². The molecule has 1 atom stereocenters. The molecule has 0 spiro atoms. The van der Waals surface area contributed by atoms with E-state index in [-0.39, 0.29) is 17.6 Å². The van der Waals surface area contributed by atoms with Gasteiger partial charge in [0.1, 0.15) is 11.9 Å². The van der Waals surface area contributed by atoms with Crippen LogP contribution in [0.5, 0.6) is 0 Å². The quantitative estimate of drug-likeness (QED) is 0.654. The average molecular weight is 452 g/mol. The monoisotopic (exact) mass is 451 g/mol. The fraction of sp³-hybridized carbons (Fsp3) is 0.481. The average Bonchev–Trinajstić information content (AvgIpc) is 3.14. The number of hydrogen-bond donors (Lipinski definition) is 1. The Labute approximate surface area is 196 Å². The molecule has 0 radical (unpaired) electrons. The summed E-state index contributed by atoms with van der Waals surface area (Å²) in [5, 5.41) is 3.16. The minimum atomic E-state index is -0.441. The molecule has 1 N–H and O–H groups in total. The Morgan fingerprint density at radius 3 is 2.45 bits per heavy atom. The van der Waals surface area contributed by atoms with Crippen molar-refractivity contribution in [2.24, 2.45) is 11.8 Å². The van der Waals surface area contributed by atoms with Crippen molar-refractivity contribution in [3.05, 3.63) is 71.0 Å². The van der Waals surface area contributed by atoms with Crippen molar-refractivity contribution in [2.45, 2.75) is 52.2 Å². The lowest BCUT2D eigenvalue weighted by atomic mass is 9.95. The zero-order chi connectivity index (χ0) is 23.4. The van der Waals surface area contributed by atoms with Crippen molar-refractivity contribution in [1.82, 2.24) is 15.1 Å². The highest BCUT2D eigenvalue weighted by atomic mass is 19.1. The van der Waals surface area contributed by atoms with Crippen LogP contribution in [0, 0.1) is 17.7 Å². The maximum Gasteiger partial charge on any atom is 0.255 e. The Hall–Kier alpha value is -2.73. The minimum Gasteiger partial charge on any atom is -0.354 e. The lowest BCUT2D eigenvalue weighted by Gasteiger charge is -2.33. The molecule has 176 valence electrons. The first kappa shape index (κ1) is 23.4. The molecule has 0 aliphatic carbocycles. The van der Waals surface area contributed by atoms with E-state index in [4.69, 9.17) is 0 Å². The fourth-order valence-corrected chi connectivity index (χ4v) is 4.91. The Bertz CT molecular complexity index is 968. The van der Waals surface area contributed by atoms with Gasteiger partial charge in [-0.15, -0.1) is 0 Å². The van der Waals surface area contributed by atoms with Crippen molar-refractivity contribution in [3.8, 4) is 0 Å². The van der Waals surface area contributed by atoms with Gasteiger partial charge in [0, 0.05) is 25.2 Å². The summed E-state index contributed by atoms with van der Waals surface area (Å²) in [6.07, 6.45) is 2.69. The summed E-state index contributed by atoms with van der Waals surface area (Å²) in [5.41, 5.74) is 2.83. The van der Waals surface area contributed by atoms with Crippen LogP contribution >= 0.6 is 0 Å². The van der Waals surface area contributed by atoms with Crippen LogP contribution in [-0.4, -0.2) is 47.3 Å². The van der Waals surface area contributed by atoms with Crippen LogP contribution in [-0.2, 0) is 17.9 Å². The Morgan fingerprint density at radius 1 is 1.09 bits per heavy atom. The molecular formula is C27H34FN3O2. The van der Waals surface area contributed by atoms with E-state index in [1.807, 2.05) is 36.4 Å². The van der Waals surface area contributed by atoms with Crippen molar-refractivity contribution >= 4 is 11.8 Å². The highest BCUT2D eigenvalue weighted by molar-refractivity contribution is 6.01. The second-order valence-electron chi connectivity index (χ2n) is 9.83. The normalized spacial score (nSPS) is 17.9. The topological polar surface area (TPSA) is 52.7 Å². The SMILES string of the molecule is CC(C)C[C@H](C(=O)NCC1CCN(Cc2ccc(F)cc2)CC1)N1Cc2ccccc2C1=O. The number of carbonyl (C=O) groups is 2. The van der Waals surface area contributed by atoms with Crippen LogP contribution < -0.4 is 5.32 Å². The third kappa shape index (κ3) is 5.80. The van der Waals surface area contributed by atoms with Crippen LogP contribution in [0.25, 0.3) is 0 Å². The lowest BCUT2D eigenvalue weighted by Crippen LogP contribution is -2.49. The molecule has 2 amide bonds. The summed E-state index contributed by atoms with van der Waals surface area (Å²) in [6, 6.07) is 13.9. The molecule has 1 fully saturated rings. The number of rotatable bonds is 8. The van der Waals surface area contributed by atoms with Gasteiger partial charge in [-0.05, 0) is 73.5 Å². The lowest BCUT2D eigenvalue weighted by molar-refractivity contribution is -0.126. The van der Waals surface area contributed by atoms with Gasteiger partial charge in [-0.3, -0.25) is 14.5 Å². The molecule has 1 saturated heterocycles. The highest BCUT2D eigenvalue weighted by Crippen LogP contribution is 2.27. The van der Waals surface area contributed by atoms with Gasteiger partial charge >= 0.3 is 0 Å². The van der Waals surface area contributed by atoms with Gasteiger partial charge in [0.25, 0.3) is 5.91 Å². The Kier molecular flexibility index (Phi) is 7.43. The summed E-state index contributed by atoms with van der Waals surface area (Å²) in [6.45, 7) is 8.08. The van der Waals surface area contributed by atoms with Crippen molar-refractivity contribution in [1.29, 1.82) is 0 Å². The third-order valence-corrected chi connectivity index (χ3v) is 6.81. The van der Waals surface area contributed by atoms with Gasteiger partial charge in [0.2, 0.25) is 5.91 Å². The number of fused-ring (bicyclic) bond motifs is 1. The first-order chi connectivity index (χ1) is 15.9. The number of benzene rings is 2. The second kappa shape index (κ2) is 10.5. The first-order valence-electron chi connectivity index (χ1n) is 12.0. The maximum atomic E-state index is 13.2. The molecule has 0 saturated carbocycles. The minimum absolute atomic E-state index is 0.0412. The molecule has 2 aromatic carbocycles. The van der Waals surface area contributed by atoms with E-state index in [0.29, 0.717) is 36.9 Å². The molecule has 6 heteroatoms. The fourth-order valence-electron chi connectivity index (χ4n) is 4.91. The number of halogens is 1. The van der Waals surface area contributed by atoms with Gasteiger partial charge < -0.3 is 10.2 Å². The number of likely N-dealkylation sites (tertiary alicyclic amines) is 1. The predicted octanol–water partition coefficient (Wildman–Crippen LogP) is 4.22. The van der Waals surface area contributed by atoms with E-state index in [1.165, 1.54) is 12.1 Å². The molecule has 5 nitrogen and oxygen atoms in total. The molecule has 33 heavy (non-hydrogen) atoms. The van der Waals surface area contributed by atoms with Crippen LogP contribution in [0.4, 0.5) is 4.39 Å². The van der Waals surface area contributed by atoms with Gasteiger partial charge in [-0.25, -0.2) is 4.39 Å². The van der Waals surface area contributed by atoms with Crippen LogP contribution in [0.15, 0.2) is 48.5 Å². The van der Waals surface area contributed by atoms with Crippen LogP contribution in [0.1, 0.15) is 54.6 Å². The highest BCUT2D eigenvalue weighted by Gasteiger charge is 2.36. The largest absolute Gasteiger partial charge is 0.354 e. The molecule has 0 unspecified atom stereocenters. The van der Waals surface area contributed by atoms with E-state index >= 15 is 0 Å². The summed E-state index contributed by atoms with van der Waals surface area (Å²) in [4.78, 5) is 30.3. The number of nitrogens with zero attached hydrogens (tertiary/aromatic N) is 2. The molecular weight excluding hydrogens is 417 g/mol. The van der Waals surface area contributed by atoms with E-state index in [2.05, 4.69) is 24.1 Å². The molecule has 2 aliphatic heterocycles. The second-order valence-corrected chi connectivity index (χ2v) is 9.83. The van der Waals surface area contributed by atoms with E-state index in [1.54, 1.807) is 4.90 Å². The maximum absolute atomic E-state index is 13.2. The van der Waals surface area contributed by atoms with Crippen LogP contribution in [0.2, 0.25) is 0 Å². The van der Waals surface area contributed by atoms with Gasteiger partial charge in [-0.2, -0.15) is 0 Å². The summed E-state index contributed by atoms with van der Waals surface area (Å²) >= 11 is 0. The molecule has 2 aromatic rings. The predicted molar refractivity (Wildman–Crippen MR) is 127 cm³/mol. The molecule has 2 aliphatic rings. The summed E-state index contributed by atoms with van der Waals surface area (Å²) in [7, 11) is 0. The van der Waals surface area contributed by atoms with Gasteiger partial charge in [-0.1, -0.05) is 44.2 Å². The molecule has 2 heterocycles. The first-order valence-corrected chi connectivity index (χ1v) is 12.0. The summed E-state index contributed by atoms with van der Waals surface area (Å²) < 4.78 is 13.1. The number of amides is 2. The number of carbonyl (C=O) groups excluding carboxylic acids is 2. The zero-order valence-corrected chi connectivity index (χ0v) is 19.6.